The van der Waals surface area contributed by atoms with Gasteiger partial charge in [0.05, 0.1) is 29.8 Å². The van der Waals surface area contributed by atoms with E-state index in [0.29, 0.717) is 30.1 Å². The summed E-state index contributed by atoms with van der Waals surface area (Å²) in [7, 11) is 0. The number of carbonyl (C=O) groups excluding carboxylic acids is 2. The van der Waals surface area contributed by atoms with Crippen LogP contribution in [0.2, 0.25) is 0 Å². The second kappa shape index (κ2) is 13.5. The number of amides is 2. The largest absolute Gasteiger partial charge is 0.467 e. The number of thioether (sulfide) groups is 1. The summed E-state index contributed by atoms with van der Waals surface area (Å²) in [5.41, 5.74) is 1.98. The van der Waals surface area contributed by atoms with Crippen LogP contribution in [-0.4, -0.2) is 30.7 Å². The summed E-state index contributed by atoms with van der Waals surface area (Å²) in [6.45, 7) is 6.12. The molecule has 3 aromatic rings. The molecule has 0 unspecified atom stereocenters. The van der Waals surface area contributed by atoms with Crippen LogP contribution in [0.15, 0.2) is 76.2 Å². The van der Waals surface area contributed by atoms with Crippen LogP contribution in [0.1, 0.15) is 49.2 Å². The monoisotopic (exact) mass is 479 g/mol. The standard InChI is InChI=1S/C27H33N3O3S/c1-3-5-16-30(19-22-10-9-17-33-22)25-14-13-21(18-24(25)27(32)28-15-4-2)29-26(31)20-34-23-11-7-6-8-12-23/h6-14,17-18H,3-5,15-16,19-20H2,1-2H3,(H,28,32)(H,29,31). The van der Waals surface area contributed by atoms with Crippen LogP contribution < -0.4 is 15.5 Å². The molecule has 34 heavy (non-hydrogen) atoms. The third-order valence-electron chi connectivity index (χ3n) is 5.22. The molecule has 2 aromatic carbocycles. The Bertz CT molecular complexity index is 1040. The Balaban J connectivity index is 1.80. The van der Waals surface area contributed by atoms with E-state index in [-0.39, 0.29) is 11.8 Å². The molecule has 1 heterocycles. The molecule has 0 radical (unpaired) electrons. The Hall–Kier alpha value is -3.19. The van der Waals surface area contributed by atoms with Crippen LogP contribution in [0.4, 0.5) is 11.4 Å². The summed E-state index contributed by atoms with van der Waals surface area (Å²) in [5.74, 6) is 0.878. The molecule has 0 spiro atoms. The van der Waals surface area contributed by atoms with E-state index in [1.807, 2.05) is 61.5 Å². The van der Waals surface area contributed by atoms with Gasteiger partial charge in [-0.25, -0.2) is 0 Å². The van der Waals surface area contributed by atoms with Crippen molar-refractivity contribution in [3.63, 3.8) is 0 Å². The second-order valence-electron chi connectivity index (χ2n) is 7.99. The van der Waals surface area contributed by atoms with Crippen molar-refractivity contribution in [1.29, 1.82) is 0 Å². The molecule has 0 bridgehead atoms. The molecule has 0 saturated carbocycles. The zero-order valence-corrected chi connectivity index (χ0v) is 20.7. The number of hydrogen-bond donors (Lipinski definition) is 2. The highest BCUT2D eigenvalue weighted by Gasteiger charge is 2.19. The number of hydrogen-bond acceptors (Lipinski definition) is 5. The molecule has 0 aliphatic carbocycles. The van der Waals surface area contributed by atoms with Gasteiger partial charge in [-0.2, -0.15) is 0 Å². The van der Waals surface area contributed by atoms with Gasteiger partial charge in [0, 0.05) is 23.7 Å². The van der Waals surface area contributed by atoms with E-state index in [9.17, 15) is 9.59 Å². The SMILES string of the molecule is CCCCN(Cc1ccco1)c1ccc(NC(=O)CSc2ccccc2)cc1C(=O)NCCC. The Morgan fingerprint density at radius 2 is 1.82 bits per heavy atom. The molecule has 0 aliphatic heterocycles. The quantitative estimate of drug-likeness (QED) is 0.296. The van der Waals surface area contributed by atoms with E-state index < -0.39 is 0 Å². The number of anilines is 2. The molecule has 3 rings (SSSR count). The molecular formula is C27H33N3O3S. The molecule has 7 heteroatoms. The van der Waals surface area contributed by atoms with Gasteiger partial charge >= 0.3 is 0 Å². The van der Waals surface area contributed by atoms with E-state index in [2.05, 4.69) is 22.5 Å². The minimum Gasteiger partial charge on any atom is -0.467 e. The molecule has 0 saturated heterocycles. The zero-order valence-electron chi connectivity index (χ0n) is 19.9. The van der Waals surface area contributed by atoms with Crippen molar-refractivity contribution in [2.45, 2.75) is 44.6 Å². The van der Waals surface area contributed by atoms with Gasteiger partial charge in [-0.1, -0.05) is 38.5 Å². The maximum Gasteiger partial charge on any atom is 0.253 e. The molecule has 0 fully saturated rings. The van der Waals surface area contributed by atoms with Gasteiger partial charge in [-0.15, -0.1) is 11.8 Å². The first-order valence-corrected chi connectivity index (χ1v) is 12.8. The fourth-order valence-corrected chi connectivity index (χ4v) is 4.21. The van der Waals surface area contributed by atoms with Crippen molar-refractivity contribution in [1.82, 2.24) is 5.32 Å². The van der Waals surface area contributed by atoms with Gasteiger partial charge in [0.1, 0.15) is 5.76 Å². The van der Waals surface area contributed by atoms with Crippen molar-refractivity contribution >= 4 is 35.0 Å². The molecule has 180 valence electrons. The Kier molecular flexibility index (Phi) is 10.1. The van der Waals surface area contributed by atoms with E-state index >= 15 is 0 Å². The lowest BCUT2D eigenvalue weighted by molar-refractivity contribution is -0.113. The Labute approximate surface area is 206 Å². The molecule has 0 atom stereocenters. The smallest absolute Gasteiger partial charge is 0.253 e. The van der Waals surface area contributed by atoms with Crippen molar-refractivity contribution < 1.29 is 14.0 Å². The van der Waals surface area contributed by atoms with Crippen LogP contribution in [0.25, 0.3) is 0 Å². The van der Waals surface area contributed by atoms with Crippen molar-refractivity contribution in [3.8, 4) is 0 Å². The maximum absolute atomic E-state index is 13.1. The first-order valence-electron chi connectivity index (χ1n) is 11.8. The summed E-state index contributed by atoms with van der Waals surface area (Å²) in [6.07, 6.45) is 4.54. The fraction of sp³-hybridized carbons (Fsp3) is 0.333. The van der Waals surface area contributed by atoms with Crippen LogP contribution in [0, 0.1) is 0 Å². The van der Waals surface area contributed by atoms with Gasteiger partial charge in [0.15, 0.2) is 0 Å². The topological polar surface area (TPSA) is 74.6 Å². The van der Waals surface area contributed by atoms with E-state index in [0.717, 1.165) is 42.2 Å². The number of nitrogens with one attached hydrogen (secondary N) is 2. The predicted octanol–water partition coefficient (Wildman–Crippen LogP) is 5.96. The molecule has 6 nitrogen and oxygen atoms in total. The van der Waals surface area contributed by atoms with Gasteiger partial charge < -0.3 is 20.0 Å². The third-order valence-corrected chi connectivity index (χ3v) is 6.23. The minimum absolute atomic E-state index is 0.111. The van der Waals surface area contributed by atoms with Crippen molar-refractivity contribution in [2.75, 3.05) is 29.1 Å². The van der Waals surface area contributed by atoms with E-state index in [4.69, 9.17) is 4.42 Å². The van der Waals surface area contributed by atoms with Crippen LogP contribution in [0.3, 0.4) is 0 Å². The first-order chi connectivity index (χ1) is 16.6. The third kappa shape index (κ3) is 7.70. The highest BCUT2D eigenvalue weighted by molar-refractivity contribution is 8.00. The first kappa shape index (κ1) is 25.4. The van der Waals surface area contributed by atoms with Crippen molar-refractivity contribution in [2.24, 2.45) is 0 Å². The lowest BCUT2D eigenvalue weighted by atomic mass is 10.1. The number of furan rings is 1. The summed E-state index contributed by atoms with van der Waals surface area (Å²) in [6, 6.07) is 19.2. The normalized spacial score (nSPS) is 10.6. The van der Waals surface area contributed by atoms with Crippen LogP contribution in [-0.2, 0) is 11.3 Å². The molecule has 2 amide bonds. The summed E-state index contributed by atoms with van der Waals surface area (Å²) in [4.78, 5) is 28.8. The summed E-state index contributed by atoms with van der Waals surface area (Å²) < 4.78 is 5.57. The van der Waals surface area contributed by atoms with Gasteiger partial charge in [-0.3, -0.25) is 9.59 Å². The average molecular weight is 480 g/mol. The van der Waals surface area contributed by atoms with E-state index in [1.54, 1.807) is 12.3 Å². The lowest BCUT2D eigenvalue weighted by Gasteiger charge is -2.26. The van der Waals surface area contributed by atoms with Crippen LogP contribution >= 0.6 is 11.8 Å². The second-order valence-corrected chi connectivity index (χ2v) is 9.04. The number of nitrogens with zero attached hydrogens (tertiary/aromatic N) is 1. The molecule has 2 N–H and O–H groups in total. The maximum atomic E-state index is 13.1. The average Bonchev–Trinajstić information content (AvgIpc) is 3.38. The number of benzene rings is 2. The number of rotatable bonds is 13. The van der Waals surface area contributed by atoms with Gasteiger partial charge in [0.25, 0.3) is 5.91 Å². The fourth-order valence-electron chi connectivity index (χ4n) is 3.49. The van der Waals surface area contributed by atoms with Gasteiger partial charge in [0.2, 0.25) is 5.91 Å². The highest BCUT2D eigenvalue weighted by Crippen LogP contribution is 2.27. The number of carbonyl (C=O) groups is 2. The summed E-state index contributed by atoms with van der Waals surface area (Å²) >= 11 is 1.48. The van der Waals surface area contributed by atoms with Crippen LogP contribution in [0.5, 0.6) is 0 Å². The summed E-state index contributed by atoms with van der Waals surface area (Å²) in [5, 5.41) is 5.92. The van der Waals surface area contributed by atoms with E-state index in [1.165, 1.54) is 11.8 Å². The predicted molar refractivity (Wildman–Crippen MR) is 140 cm³/mol. The lowest BCUT2D eigenvalue weighted by Crippen LogP contribution is -2.30. The molecule has 0 aliphatic rings. The Morgan fingerprint density at radius 3 is 2.53 bits per heavy atom. The molecule has 1 aromatic heterocycles. The number of unbranched alkanes of at least 4 members (excludes halogenated alkanes) is 1. The van der Waals surface area contributed by atoms with Crippen molar-refractivity contribution in [3.05, 3.63) is 78.3 Å². The Morgan fingerprint density at radius 1 is 1.00 bits per heavy atom. The highest BCUT2D eigenvalue weighted by atomic mass is 32.2. The van der Waals surface area contributed by atoms with Gasteiger partial charge in [-0.05, 0) is 55.3 Å². The zero-order chi connectivity index (χ0) is 24.2. The molecular weight excluding hydrogens is 446 g/mol. The minimum atomic E-state index is -0.146.